The van der Waals surface area contributed by atoms with Crippen molar-refractivity contribution in [2.75, 3.05) is 10.6 Å². The monoisotopic (exact) mass is 453 g/mol. The van der Waals surface area contributed by atoms with Gasteiger partial charge >= 0.3 is 5.69 Å². The number of aromatic amines is 1. The number of anilines is 2. The number of hydrogen-bond donors (Lipinski definition) is 3. The van der Waals surface area contributed by atoms with Crippen LogP contribution >= 0.6 is 23.2 Å². The van der Waals surface area contributed by atoms with E-state index in [9.17, 15) is 19.6 Å². The number of halogens is 2. The van der Waals surface area contributed by atoms with Gasteiger partial charge in [0.2, 0.25) is 0 Å². The van der Waals surface area contributed by atoms with E-state index in [0.29, 0.717) is 21.2 Å². The molecule has 0 saturated carbocycles. The molecule has 1 aromatic heterocycles. The summed E-state index contributed by atoms with van der Waals surface area (Å²) in [5.41, 5.74) is -0.646. The molecule has 0 saturated heterocycles. The lowest BCUT2D eigenvalue weighted by Crippen LogP contribution is -2.34. The molecule has 0 unspecified atom stereocenters. The summed E-state index contributed by atoms with van der Waals surface area (Å²) in [6.45, 7) is -0.0161. The lowest BCUT2D eigenvalue weighted by atomic mass is 10.1. The second-order valence-electron chi connectivity index (χ2n) is 6.61. The Balaban J connectivity index is 1.90. The predicted octanol–water partition coefficient (Wildman–Crippen LogP) is 3.19. The van der Waals surface area contributed by atoms with Crippen LogP contribution in [-0.4, -0.2) is 15.5 Å². The highest BCUT2D eigenvalue weighted by atomic mass is 35.5. The fourth-order valence-corrected chi connectivity index (χ4v) is 3.50. The van der Waals surface area contributed by atoms with Crippen LogP contribution < -0.4 is 21.9 Å². The van der Waals surface area contributed by atoms with E-state index in [-0.39, 0.29) is 29.3 Å². The molecule has 0 aliphatic carbocycles. The fourth-order valence-electron chi connectivity index (χ4n) is 3.18. The number of carbonyl (C=O) groups is 1. The van der Waals surface area contributed by atoms with E-state index in [1.807, 2.05) is 6.07 Å². The Morgan fingerprint density at radius 1 is 0.968 bits per heavy atom. The lowest BCUT2D eigenvalue weighted by Gasteiger charge is -2.16. The first-order chi connectivity index (χ1) is 14.9. The molecule has 154 valence electrons. The highest BCUT2D eigenvalue weighted by Crippen LogP contribution is 2.30. The maximum atomic E-state index is 12.8. The summed E-state index contributed by atoms with van der Waals surface area (Å²) in [5.74, 6) is -0.841. The van der Waals surface area contributed by atoms with Crippen molar-refractivity contribution in [3.05, 3.63) is 96.1 Å². The molecule has 4 rings (SSSR count). The van der Waals surface area contributed by atoms with Crippen molar-refractivity contribution in [3.63, 3.8) is 0 Å². The van der Waals surface area contributed by atoms with Crippen molar-refractivity contribution >= 4 is 46.3 Å². The number of nitrogens with one attached hydrogen (secondary N) is 3. The number of nitriles is 1. The highest BCUT2D eigenvalue weighted by molar-refractivity contribution is 6.31. The van der Waals surface area contributed by atoms with Crippen LogP contribution in [0, 0.1) is 11.3 Å². The second kappa shape index (κ2) is 8.14. The minimum atomic E-state index is -0.767. The molecule has 1 aliphatic heterocycles. The molecule has 8 nitrogen and oxygen atoms in total. The topological polar surface area (TPSA) is 120 Å². The van der Waals surface area contributed by atoms with Gasteiger partial charge in [-0.25, -0.2) is 4.79 Å². The first kappa shape index (κ1) is 20.5. The molecule has 1 amide bonds. The number of hydrogen-bond acceptors (Lipinski definition) is 5. The Bertz CT molecular complexity index is 1400. The molecular formula is C21H13Cl2N5O3. The lowest BCUT2D eigenvalue weighted by molar-refractivity contribution is -0.112. The second-order valence-corrected chi connectivity index (χ2v) is 7.45. The maximum absolute atomic E-state index is 12.8. The zero-order valence-corrected chi connectivity index (χ0v) is 17.2. The van der Waals surface area contributed by atoms with Gasteiger partial charge in [0.15, 0.2) is 0 Å². The molecule has 0 spiro atoms. The van der Waals surface area contributed by atoms with Crippen LogP contribution in [0.1, 0.15) is 11.1 Å². The third-order valence-corrected chi connectivity index (χ3v) is 5.31. The summed E-state index contributed by atoms with van der Waals surface area (Å²) in [6.07, 6.45) is 0. The van der Waals surface area contributed by atoms with E-state index < -0.39 is 17.2 Å². The van der Waals surface area contributed by atoms with Crippen molar-refractivity contribution in [1.29, 1.82) is 5.26 Å². The van der Waals surface area contributed by atoms with Gasteiger partial charge in [0.1, 0.15) is 23.1 Å². The standard InChI is InChI=1S/C21H13Cl2N5O3/c22-13-7-5-11(6-8-13)16-14(9-24)19(29)26-18-17(25-16)20(30)27-21(31)28(18)10-12-3-1-2-4-15(12)23/h1-8,25H,10H2,(H,26,29)(H,27,30,31). The van der Waals surface area contributed by atoms with Crippen LogP contribution in [0.4, 0.5) is 11.5 Å². The van der Waals surface area contributed by atoms with E-state index in [1.165, 1.54) is 4.57 Å². The number of benzene rings is 2. The van der Waals surface area contributed by atoms with Gasteiger partial charge in [-0.3, -0.25) is 19.1 Å². The minimum Gasteiger partial charge on any atom is -0.346 e. The summed E-state index contributed by atoms with van der Waals surface area (Å²) in [4.78, 5) is 40.3. The summed E-state index contributed by atoms with van der Waals surface area (Å²) in [5, 5.41) is 15.9. The van der Waals surface area contributed by atoms with E-state index in [0.717, 1.165) is 0 Å². The highest BCUT2D eigenvalue weighted by Gasteiger charge is 2.27. The van der Waals surface area contributed by atoms with E-state index in [4.69, 9.17) is 23.2 Å². The first-order valence-corrected chi connectivity index (χ1v) is 9.74. The van der Waals surface area contributed by atoms with Gasteiger partial charge in [-0.2, -0.15) is 5.26 Å². The van der Waals surface area contributed by atoms with Crippen molar-refractivity contribution in [1.82, 2.24) is 9.55 Å². The summed E-state index contributed by atoms with van der Waals surface area (Å²) < 4.78 is 1.17. The number of aromatic nitrogens is 2. The average molecular weight is 454 g/mol. The Morgan fingerprint density at radius 2 is 1.68 bits per heavy atom. The van der Waals surface area contributed by atoms with Crippen LogP contribution in [0.15, 0.2) is 63.7 Å². The number of fused-ring (bicyclic) bond motifs is 1. The molecule has 2 heterocycles. The molecule has 31 heavy (non-hydrogen) atoms. The summed E-state index contributed by atoms with van der Waals surface area (Å²) in [6, 6.07) is 15.1. The van der Waals surface area contributed by atoms with E-state index in [2.05, 4.69) is 15.6 Å². The zero-order chi connectivity index (χ0) is 22.1. The van der Waals surface area contributed by atoms with Crippen LogP contribution in [0.25, 0.3) is 5.70 Å². The molecule has 3 aromatic rings. The van der Waals surface area contributed by atoms with E-state index in [1.54, 1.807) is 48.5 Å². The smallest absolute Gasteiger partial charge is 0.330 e. The molecule has 1 aliphatic rings. The zero-order valence-electron chi connectivity index (χ0n) is 15.7. The summed E-state index contributed by atoms with van der Waals surface area (Å²) in [7, 11) is 0. The Morgan fingerprint density at radius 3 is 2.35 bits per heavy atom. The molecule has 3 N–H and O–H groups in total. The van der Waals surface area contributed by atoms with Gasteiger partial charge in [-0.15, -0.1) is 0 Å². The normalized spacial score (nSPS) is 13.0. The Labute approximate surface area is 185 Å². The molecule has 0 atom stereocenters. The third kappa shape index (κ3) is 3.84. The van der Waals surface area contributed by atoms with Crippen molar-refractivity contribution in [3.8, 4) is 6.07 Å². The molecule has 0 radical (unpaired) electrons. The van der Waals surface area contributed by atoms with Gasteiger partial charge in [-0.05, 0) is 29.3 Å². The summed E-state index contributed by atoms with van der Waals surface area (Å²) >= 11 is 12.1. The van der Waals surface area contributed by atoms with Crippen LogP contribution in [0.5, 0.6) is 0 Å². The van der Waals surface area contributed by atoms with Gasteiger partial charge in [0, 0.05) is 10.0 Å². The average Bonchev–Trinajstić information content (AvgIpc) is 2.89. The van der Waals surface area contributed by atoms with Gasteiger partial charge in [0.05, 0.1) is 12.2 Å². The van der Waals surface area contributed by atoms with Crippen LogP contribution in [0.3, 0.4) is 0 Å². The van der Waals surface area contributed by atoms with Gasteiger partial charge < -0.3 is 10.6 Å². The predicted molar refractivity (Wildman–Crippen MR) is 118 cm³/mol. The number of nitrogens with zero attached hydrogens (tertiary/aromatic N) is 2. The quantitative estimate of drug-likeness (QED) is 0.562. The molecule has 0 fully saturated rings. The Hall–Kier alpha value is -3.80. The Kier molecular flexibility index (Phi) is 5.38. The van der Waals surface area contributed by atoms with E-state index >= 15 is 0 Å². The minimum absolute atomic E-state index is 0.0161. The molecule has 0 bridgehead atoms. The van der Waals surface area contributed by atoms with Crippen molar-refractivity contribution < 1.29 is 4.79 Å². The van der Waals surface area contributed by atoms with Crippen LogP contribution in [-0.2, 0) is 11.3 Å². The van der Waals surface area contributed by atoms with Gasteiger partial charge in [-0.1, -0.05) is 53.5 Å². The number of H-pyrrole nitrogens is 1. The van der Waals surface area contributed by atoms with Crippen LogP contribution in [0.2, 0.25) is 10.0 Å². The van der Waals surface area contributed by atoms with Crippen molar-refractivity contribution in [2.45, 2.75) is 6.54 Å². The number of carbonyl (C=O) groups excluding carboxylic acids is 1. The molecule has 2 aromatic carbocycles. The third-order valence-electron chi connectivity index (χ3n) is 4.69. The SMILES string of the molecule is N#CC1=C(c2ccc(Cl)cc2)Nc2c(n(Cc3ccccc3Cl)c(=O)[nH]c2=O)NC1=O. The maximum Gasteiger partial charge on any atom is 0.330 e. The van der Waals surface area contributed by atoms with Crippen molar-refractivity contribution in [2.24, 2.45) is 0 Å². The largest absolute Gasteiger partial charge is 0.346 e. The number of amides is 1. The first-order valence-electron chi connectivity index (χ1n) is 8.98. The number of rotatable bonds is 3. The molecular weight excluding hydrogens is 441 g/mol. The van der Waals surface area contributed by atoms with Gasteiger partial charge in [0.25, 0.3) is 11.5 Å². The fraction of sp³-hybridized carbons (Fsp3) is 0.0476. The molecule has 10 heteroatoms.